The fraction of sp³-hybridized carbons (Fsp3) is 0.375. The van der Waals surface area contributed by atoms with Gasteiger partial charge in [0.2, 0.25) is 5.78 Å². The van der Waals surface area contributed by atoms with E-state index < -0.39 is 35.3 Å². The molecule has 0 aliphatic heterocycles. The predicted octanol–water partition coefficient (Wildman–Crippen LogP) is 3.42. The number of carbonyl (C=O) groups excluding carboxylic acids is 3. The van der Waals surface area contributed by atoms with E-state index in [0.717, 1.165) is 16.3 Å². The Morgan fingerprint density at radius 2 is 1.97 bits per heavy atom. The molecule has 0 aromatic heterocycles. The molecule has 2 aliphatic carbocycles. The standard InChI is InChI=1S/C24H24O6/c1-4-21(29)30-24(20(28)12-25)13(2)9-18-17-7-5-14-10-15(26)6-8-16(14)22(17)19(27)11-23(18,24)3/h5-10,13,25-26H,4,11-12H2,1-3H3/t13-,23+,24-/m1/s1. The first-order valence-corrected chi connectivity index (χ1v) is 10.1. The number of esters is 1. The third-order valence-corrected chi connectivity index (χ3v) is 6.68. The van der Waals surface area contributed by atoms with Crippen molar-refractivity contribution in [3.05, 3.63) is 47.5 Å². The van der Waals surface area contributed by atoms with Crippen LogP contribution in [-0.2, 0) is 14.3 Å². The zero-order valence-corrected chi connectivity index (χ0v) is 17.2. The van der Waals surface area contributed by atoms with Crippen molar-refractivity contribution in [2.45, 2.75) is 39.2 Å². The third-order valence-electron chi connectivity index (χ3n) is 6.68. The smallest absolute Gasteiger partial charge is 0.306 e. The van der Waals surface area contributed by atoms with Crippen LogP contribution in [0.5, 0.6) is 5.75 Å². The van der Waals surface area contributed by atoms with Gasteiger partial charge < -0.3 is 14.9 Å². The molecule has 2 aliphatic rings. The van der Waals surface area contributed by atoms with E-state index in [0.29, 0.717) is 11.1 Å². The van der Waals surface area contributed by atoms with Crippen LogP contribution < -0.4 is 0 Å². The van der Waals surface area contributed by atoms with Crippen molar-refractivity contribution < 1.29 is 29.3 Å². The van der Waals surface area contributed by atoms with E-state index in [-0.39, 0.29) is 24.4 Å². The molecule has 2 aromatic rings. The third kappa shape index (κ3) is 2.50. The van der Waals surface area contributed by atoms with E-state index in [4.69, 9.17) is 4.74 Å². The monoisotopic (exact) mass is 408 g/mol. The number of aliphatic hydroxyl groups excluding tert-OH is 1. The Hall–Kier alpha value is -2.99. The summed E-state index contributed by atoms with van der Waals surface area (Å²) in [6.07, 6.45) is 1.93. The molecule has 0 saturated carbocycles. The molecule has 0 heterocycles. The van der Waals surface area contributed by atoms with Gasteiger partial charge in [-0.15, -0.1) is 0 Å². The Kier molecular flexibility index (Phi) is 4.58. The lowest BCUT2D eigenvalue weighted by Crippen LogP contribution is -2.59. The van der Waals surface area contributed by atoms with Gasteiger partial charge >= 0.3 is 5.97 Å². The molecule has 30 heavy (non-hydrogen) atoms. The molecule has 156 valence electrons. The minimum Gasteiger partial charge on any atom is -0.508 e. The number of rotatable bonds is 4. The van der Waals surface area contributed by atoms with Gasteiger partial charge in [-0.2, -0.15) is 0 Å². The lowest BCUT2D eigenvalue weighted by atomic mass is 9.60. The van der Waals surface area contributed by atoms with Gasteiger partial charge in [-0.1, -0.05) is 39.0 Å². The quantitative estimate of drug-likeness (QED) is 0.752. The Morgan fingerprint density at radius 1 is 1.23 bits per heavy atom. The number of hydrogen-bond donors (Lipinski definition) is 2. The minimum absolute atomic E-state index is 0.0289. The van der Waals surface area contributed by atoms with Gasteiger partial charge in [-0.25, -0.2) is 0 Å². The van der Waals surface area contributed by atoms with Crippen LogP contribution in [0.3, 0.4) is 0 Å². The highest BCUT2D eigenvalue weighted by Gasteiger charge is 2.66. The largest absolute Gasteiger partial charge is 0.508 e. The number of benzene rings is 2. The van der Waals surface area contributed by atoms with Crippen molar-refractivity contribution in [3.63, 3.8) is 0 Å². The van der Waals surface area contributed by atoms with Gasteiger partial charge in [-0.3, -0.25) is 14.4 Å². The number of phenolic OH excluding ortho intramolecular Hbond substituents is 1. The zero-order chi connectivity index (χ0) is 21.8. The van der Waals surface area contributed by atoms with Crippen molar-refractivity contribution in [2.24, 2.45) is 11.3 Å². The van der Waals surface area contributed by atoms with Crippen LogP contribution in [0.1, 0.15) is 49.5 Å². The summed E-state index contributed by atoms with van der Waals surface area (Å²) >= 11 is 0. The lowest BCUT2D eigenvalue weighted by Gasteiger charge is -2.47. The van der Waals surface area contributed by atoms with Gasteiger partial charge in [0, 0.05) is 29.7 Å². The highest BCUT2D eigenvalue weighted by atomic mass is 16.6. The average molecular weight is 408 g/mol. The highest BCUT2D eigenvalue weighted by Crippen LogP contribution is 2.61. The zero-order valence-electron chi connectivity index (χ0n) is 17.2. The van der Waals surface area contributed by atoms with Crippen LogP contribution in [0.25, 0.3) is 16.3 Å². The second-order valence-electron chi connectivity index (χ2n) is 8.34. The van der Waals surface area contributed by atoms with Crippen LogP contribution in [0.15, 0.2) is 36.4 Å². The molecule has 0 spiro atoms. The number of aliphatic hydroxyl groups is 1. The highest BCUT2D eigenvalue weighted by molar-refractivity contribution is 6.16. The second kappa shape index (κ2) is 6.77. The van der Waals surface area contributed by atoms with E-state index in [9.17, 15) is 24.6 Å². The molecule has 3 atom stereocenters. The number of carbonyl (C=O) groups is 3. The summed E-state index contributed by atoms with van der Waals surface area (Å²) in [5.74, 6) is -1.72. The minimum atomic E-state index is -1.64. The van der Waals surface area contributed by atoms with Crippen LogP contribution in [0.2, 0.25) is 0 Å². The van der Waals surface area contributed by atoms with Gasteiger partial charge in [-0.05, 0) is 40.1 Å². The number of aromatic hydroxyl groups is 1. The molecule has 2 aromatic carbocycles. The van der Waals surface area contributed by atoms with Gasteiger partial charge in [0.05, 0.1) is 0 Å². The van der Waals surface area contributed by atoms with Gasteiger partial charge in [0.1, 0.15) is 12.4 Å². The molecule has 2 N–H and O–H groups in total. The summed E-state index contributed by atoms with van der Waals surface area (Å²) in [5.41, 5.74) is -0.727. The maximum atomic E-state index is 13.4. The Morgan fingerprint density at radius 3 is 2.63 bits per heavy atom. The van der Waals surface area contributed by atoms with E-state index in [1.54, 1.807) is 32.9 Å². The van der Waals surface area contributed by atoms with E-state index in [1.807, 2.05) is 18.2 Å². The Bertz CT molecular complexity index is 1130. The first-order chi connectivity index (χ1) is 14.2. The number of fused-ring (bicyclic) bond motifs is 5. The number of ether oxygens (including phenoxy) is 1. The Balaban J connectivity index is 1.97. The molecular weight excluding hydrogens is 384 g/mol. The molecule has 4 rings (SSSR count). The number of Topliss-reactive ketones (excluding diaryl/α,β-unsaturated/α-hetero) is 2. The fourth-order valence-corrected chi connectivity index (χ4v) is 5.31. The van der Waals surface area contributed by atoms with Crippen molar-refractivity contribution >= 4 is 33.9 Å². The summed E-state index contributed by atoms with van der Waals surface area (Å²) < 4.78 is 5.77. The van der Waals surface area contributed by atoms with Crippen molar-refractivity contribution in [2.75, 3.05) is 6.61 Å². The molecule has 0 fully saturated rings. The van der Waals surface area contributed by atoms with Gasteiger partial charge in [0.15, 0.2) is 11.4 Å². The summed E-state index contributed by atoms with van der Waals surface area (Å²) in [6.45, 7) is 4.39. The second-order valence-corrected chi connectivity index (χ2v) is 8.34. The van der Waals surface area contributed by atoms with Crippen LogP contribution in [0.4, 0.5) is 0 Å². The molecule has 0 saturated heterocycles. The number of ketones is 2. The van der Waals surface area contributed by atoms with Gasteiger partial charge in [0.25, 0.3) is 0 Å². The number of phenols is 1. The van der Waals surface area contributed by atoms with E-state index in [2.05, 4.69) is 0 Å². The average Bonchev–Trinajstić information content (AvgIpc) is 2.94. The SMILES string of the molecule is CCC(=O)O[C@@]1(C(=O)CO)[C@H](C)C=C2c3ccc4cc(O)ccc4c3C(=O)C[C@@]21C. The van der Waals surface area contributed by atoms with E-state index in [1.165, 1.54) is 6.07 Å². The lowest BCUT2D eigenvalue weighted by molar-refractivity contribution is -0.183. The molecule has 0 bridgehead atoms. The topological polar surface area (TPSA) is 101 Å². The molecule has 0 unspecified atom stereocenters. The Labute approximate surface area is 174 Å². The predicted molar refractivity (Wildman–Crippen MR) is 111 cm³/mol. The normalized spacial score (nSPS) is 27.4. The van der Waals surface area contributed by atoms with Crippen LogP contribution >= 0.6 is 0 Å². The fourth-order valence-electron chi connectivity index (χ4n) is 5.31. The molecule has 6 nitrogen and oxygen atoms in total. The molecule has 0 amide bonds. The molecular formula is C24H24O6. The molecule has 0 radical (unpaired) electrons. The summed E-state index contributed by atoms with van der Waals surface area (Å²) in [5, 5.41) is 21.0. The maximum Gasteiger partial charge on any atom is 0.306 e. The summed E-state index contributed by atoms with van der Waals surface area (Å²) in [4.78, 5) is 38.7. The van der Waals surface area contributed by atoms with E-state index >= 15 is 0 Å². The van der Waals surface area contributed by atoms with Crippen LogP contribution in [0, 0.1) is 11.3 Å². The van der Waals surface area contributed by atoms with Crippen molar-refractivity contribution in [1.29, 1.82) is 0 Å². The first-order valence-electron chi connectivity index (χ1n) is 10.1. The first kappa shape index (κ1) is 20.3. The maximum absolute atomic E-state index is 13.4. The van der Waals surface area contributed by atoms with Crippen molar-refractivity contribution in [3.8, 4) is 5.75 Å². The summed E-state index contributed by atoms with van der Waals surface area (Å²) in [7, 11) is 0. The van der Waals surface area contributed by atoms with Crippen LogP contribution in [-0.4, -0.2) is 40.0 Å². The molecule has 6 heteroatoms. The van der Waals surface area contributed by atoms with Crippen molar-refractivity contribution in [1.82, 2.24) is 0 Å². The summed E-state index contributed by atoms with van der Waals surface area (Å²) in [6, 6.07) is 8.49. The number of hydrogen-bond acceptors (Lipinski definition) is 6.